The van der Waals surface area contributed by atoms with Gasteiger partial charge in [0, 0.05) is 43.9 Å². The van der Waals surface area contributed by atoms with E-state index in [1.165, 1.54) is 0 Å². The zero-order valence-corrected chi connectivity index (χ0v) is 17.9. The summed E-state index contributed by atoms with van der Waals surface area (Å²) in [5.74, 6) is -0.0855. The van der Waals surface area contributed by atoms with Gasteiger partial charge in [-0.05, 0) is 37.1 Å². The summed E-state index contributed by atoms with van der Waals surface area (Å²) in [5.41, 5.74) is 2.12. The smallest absolute Gasteiger partial charge is 0.420 e. The first-order valence-corrected chi connectivity index (χ1v) is 10.9. The fraction of sp³-hybridized carbons (Fsp3) is 0.375. The Morgan fingerprint density at radius 2 is 1.84 bits per heavy atom. The van der Waals surface area contributed by atoms with Crippen LogP contribution < -0.4 is 15.4 Å². The van der Waals surface area contributed by atoms with Crippen LogP contribution in [0, 0.1) is 5.92 Å². The summed E-state index contributed by atoms with van der Waals surface area (Å²) >= 11 is 0. The van der Waals surface area contributed by atoms with Gasteiger partial charge in [-0.15, -0.1) is 0 Å². The molecule has 2 amide bonds. The topological polar surface area (TPSA) is 85.0 Å². The molecule has 5 rings (SSSR count). The third-order valence-electron chi connectivity index (χ3n) is 6.50. The van der Waals surface area contributed by atoms with Gasteiger partial charge in [-0.2, -0.15) is 0 Å². The Hall–Kier alpha value is -3.55. The van der Waals surface area contributed by atoms with Gasteiger partial charge in [-0.3, -0.25) is 14.2 Å². The molecule has 0 N–H and O–H groups in total. The van der Waals surface area contributed by atoms with Crippen LogP contribution in [0.2, 0.25) is 0 Å². The average Bonchev–Trinajstić information content (AvgIpc) is 3.38. The molecule has 2 fully saturated rings. The van der Waals surface area contributed by atoms with Crippen molar-refractivity contribution >= 4 is 28.6 Å². The molecule has 8 heteroatoms. The van der Waals surface area contributed by atoms with Crippen LogP contribution in [0.4, 0.5) is 5.69 Å². The Kier molecular flexibility index (Phi) is 5.20. The summed E-state index contributed by atoms with van der Waals surface area (Å²) in [4.78, 5) is 41.6. The Balaban J connectivity index is 1.25. The first kappa shape index (κ1) is 20.4. The van der Waals surface area contributed by atoms with E-state index < -0.39 is 0 Å². The Bertz CT molecular complexity index is 1220. The molecule has 0 saturated carbocycles. The van der Waals surface area contributed by atoms with E-state index in [4.69, 9.17) is 9.15 Å². The highest BCUT2D eigenvalue weighted by Gasteiger charge is 2.38. The zero-order chi connectivity index (χ0) is 22.2. The normalized spacial score (nSPS) is 19.7. The summed E-state index contributed by atoms with van der Waals surface area (Å²) < 4.78 is 12.3. The number of rotatable bonds is 4. The quantitative estimate of drug-likeness (QED) is 0.629. The van der Waals surface area contributed by atoms with E-state index in [1.807, 2.05) is 47.4 Å². The number of methoxy groups -OCH3 is 1. The van der Waals surface area contributed by atoms with E-state index in [9.17, 15) is 14.4 Å². The molecule has 1 atom stereocenters. The number of carbonyl (C=O) groups excluding carboxylic acids is 2. The van der Waals surface area contributed by atoms with Crippen LogP contribution in [0.25, 0.3) is 11.1 Å². The second kappa shape index (κ2) is 8.18. The molecule has 166 valence electrons. The molecule has 2 aromatic carbocycles. The molecule has 0 radical (unpaired) electrons. The van der Waals surface area contributed by atoms with Crippen LogP contribution >= 0.6 is 0 Å². The van der Waals surface area contributed by atoms with E-state index in [0.29, 0.717) is 43.8 Å². The maximum Gasteiger partial charge on any atom is 0.420 e. The number of ether oxygens (including phenoxy) is 1. The summed E-state index contributed by atoms with van der Waals surface area (Å²) in [7, 11) is 1.58. The van der Waals surface area contributed by atoms with Crippen LogP contribution in [0.3, 0.4) is 0 Å². The van der Waals surface area contributed by atoms with Crippen molar-refractivity contribution in [3.8, 4) is 5.75 Å². The average molecular weight is 435 g/mol. The minimum Gasteiger partial charge on any atom is -0.497 e. The van der Waals surface area contributed by atoms with Crippen LogP contribution in [0.5, 0.6) is 5.75 Å². The van der Waals surface area contributed by atoms with Gasteiger partial charge >= 0.3 is 5.76 Å². The molecule has 3 aromatic rings. The van der Waals surface area contributed by atoms with Gasteiger partial charge in [-0.1, -0.05) is 18.2 Å². The lowest BCUT2D eigenvalue weighted by Gasteiger charge is -2.33. The monoisotopic (exact) mass is 435 g/mol. The Labute approximate surface area is 185 Å². The van der Waals surface area contributed by atoms with Crippen molar-refractivity contribution in [2.24, 2.45) is 5.92 Å². The van der Waals surface area contributed by atoms with Crippen molar-refractivity contribution in [1.82, 2.24) is 9.47 Å². The van der Waals surface area contributed by atoms with Gasteiger partial charge in [0.25, 0.3) is 0 Å². The molecule has 1 aromatic heterocycles. The number of hydrogen-bond donors (Lipinski definition) is 0. The number of fused-ring (bicyclic) bond motifs is 1. The molecule has 0 bridgehead atoms. The summed E-state index contributed by atoms with van der Waals surface area (Å²) in [5, 5.41) is 0. The Morgan fingerprint density at radius 3 is 2.62 bits per heavy atom. The van der Waals surface area contributed by atoms with Gasteiger partial charge in [-0.25, -0.2) is 4.79 Å². The molecule has 0 spiro atoms. The van der Waals surface area contributed by atoms with E-state index in [1.54, 1.807) is 22.6 Å². The number of benzene rings is 2. The first-order valence-electron chi connectivity index (χ1n) is 10.9. The molecular weight excluding hydrogens is 410 g/mol. The highest BCUT2D eigenvalue weighted by atomic mass is 16.5. The van der Waals surface area contributed by atoms with E-state index in [-0.39, 0.29) is 36.0 Å². The largest absolute Gasteiger partial charge is 0.497 e. The second-order valence-corrected chi connectivity index (χ2v) is 8.37. The van der Waals surface area contributed by atoms with Gasteiger partial charge in [0.2, 0.25) is 11.8 Å². The molecule has 2 aliphatic rings. The van der Waals surface area contributed by atoms with E-state index >= 15 is 0 Å². The number of para-hydroxylation sites is 2. The van der Waals surface area contributed by atoms with E-state index in [0.717, 1.165) is 11.2 Å². The number of aromatic nitrogens is 1. The van der Waals surface area contributed by atoms with Crippen LogP contribution in [0.1, 0.15) is 25.3 Å². The molecule has 0 unspecified atom stereocenters. The number of amides is 2. The van der Waals surface area contributed by atoms with Crippen molar-refractivity contribution in [1.29, 1.82) is 0 Å². The Morgan fingerprint density at radius 1 is 1.06 bits per heavy atom. The van der Waals surface area contributed by atoms with Crippen LogP contribution in [-0.4, -0.2) is 48.0 Å². The summed E-state index contributed by atoms with van der Waals surface area (Å²) in [6, 6.07) is 14.7. The molecule has 8 nitrogen and oxygen atoms in total. The van der Waals surface area contributed by atoms with Gasteiger partial charge in [0.15, 0.2) is 5.58 Å². The standard InChI is InChI=1S/C24H25N3O5/c1-31-19-6-4-5-18(14-19)26-15-16(13-22(26)28)23(29)25-11-9-17(10-12-25)27-20-7-2-3-8-21(20)32-24(27)30/h2-8,14,16-17H,9-13,15H2,1H3/t16-/m1/s1. The van der Waals surface area contributed by atoms with Crippen LogP contribution in [0.15, 0.2) is 57.7 Å². The highest BCUT2D eigenvalue weighted by molar-refractivity contribution is 6.00. The lowest BCUT2D eigenvalue weighted by Crippen LogP contribution is -2.43. The highest BCUT2D eigenvalue weighted by Crippen LogP contribution is 2.31. The first-order chi connectivity index (χ1) is 15.5. The molecule has 2 aliphatic heterocycles. The molecular formula is C24H25N3O5. The van der Waals surface area contributed by atoms with Crippen molar-refractivity contribution < 1.29 is 18.7 Å². The number of likely N-dealkylation sites (tertiary alicyclic amines) is 1. The lowest BCUT2D eigenvalue weighted by atomic mass is 10.0. The fourth-order valence-corrected chi connectivity index (χ4v) is 4.83. The number of oxazole rings is 1. The maximum atomic E-state index is 13.2. The maximum absolute atomic E-state index is 13.2. The fourth-order valence-electron chi connectivity index (χ4n) is 4.83. The van der Waals surface area contributed by atoms with Crippen LogP contribution in [-0.2, 0) is 9.59 Å². The number of nitrogens with zero attached hydrogens (tertiary/aromatic N) is 3. The lowest BCUT2D eigenvalue weighted by molar-refractivity contribution is -0.137. The zero-order valence-electron chi connectivity index (χ0n) is 17.9. The number of carbonyl (C=O) groups is 2. The second-order valence-electron chi connectivity index (χ2n) is 8.37. The van der Waals surface area contributed by atoms with Crippen molar-refractivity contribution in [2.75, 3.05) is 31.6 Å². The number of anilines is 1. The summed E-state index contributed by atoms with van der Waals surface area (Å²) in [6.07, 6.45) is 1.56. The van der Waals surface area contributed by atoms with Crippen molar-refractivity contribution in [3.05, 3.63) is 59.1 Å². The number of hydrogen-bond acceptors (Lipinski definition) is 5. The minimum absolute atomic E-state index is 0.00584. The summed E-state index contributed by atoms with van der Waals surface area (Å²) in [6.45, 7) is 1.48. The van der Waals surface area contributed by atoms with E-state index in [2.05, 4.69) is 0 Å². The van der Waals surface area contributed by atoms with Crippen molar-refractivity contribution in [3.63, 3.8) is 0 Å². The molecule has 0 aliphatic carbocycles. The third kappa shape index (κ3) is 3.55. The van der Waals surface area contributed by atoms with Gasteiger partial charge < -0.3 is 19.0 Å². The third-order valence-corrected chi connectivity index (χ3v) is 6.50. The number of piperidine rings is 1. The minimum atomic E-state index is -0.359. The van der Waals surface area contributed by atoms with Gasteiger partial charge in [0.05, 0.1) is 18.5 Å². The van der Waals surface area contributed by atoms with Gasteiger partial charge in [0.1, 0.15) is 5.75 Å². The molecule has 3 heterocycles. The SMILES string of the molecule is COc1cccc(N2C[C@H](C(=O)N3CCC(n4c(=O)oc5ccccc54)CC3)CC2=O)c1. The predicted octanol–water partition coefficient (Wildman–Crippen LogP) is 2.82. The molecule has 2 saturated heterocycles. The predicted molar refractivity (Wildman–Crippen MR) is 119 cm³/mol. The molecule has 32 heavy (non-hydrogen) atoms. The van der Waals surface area contributed by atoms with Crippen molar-refractivity contribution in [2.45, 2.75) is 25.3 Å².